The summed E-state index contributed by atoms with van der Waals surface area (Å²) in [6.45, 7) is 0.503. The Hall–Kier alpha value is -2.90. The van der Waals surface area contributed by atoms with Gasteiger partial charge in [-0.25, -0.2) is 18.7 Å². The zero-order valence-electron chi connectivity index (χ0n) is 13.2. The van der Waals surface area contributed by atoms with Gasteiger partial charge in [-0.1, -0.05) is 0 Å². The monoisotopic (exact) mass is 334 g/mol. The number of hydrogen-bond acceptors (Lipinski definition) is 4. The zero-order valence-corrected chi connectivity index (χ0v) is 13.2. The average molecular weight is 334 g/mol. The molecule has 0 radical (unpaired) electrons. The molecule has 0 aliphatic heterocycles. The first-order chi connectivity index (χ1) is 11.4. The molecule has 2 aromatic heterocycles. The van der Waals surface area contributed by atoms with Gasteiger partial charge >= 0.3 is 0 Å². The van der Waals surface area contributed by atoms with Crippen LogP contribution in [0, 0.1) is 11.6 Å². The number of aromatic nitrogens is 2. The second kappa shape index (κ2) is 7.58. The Kier molecular flexibility index (Phi) is 5.51. The maximum absolute atomic E-state index is 12.8. The topological polar surface area (TPSA) is 66.4 Å². The number of likely N-dealkylation sites (N-methyl/N-ethyl adjacent to an activating group) is 2. The zero-order chi connectivity index (χ0) is 17.7. The minimum absolute atomic E-state index is 0.119. The highest BCUT2D eigenvalue weighted by molar-refractivity contribution is 5.93. The molecule has 0 bridgehead atoms. The third kappa shape index (κ3) is 4.31. The van der Waals surface area contributed by atoms with E-state index in [1.54, 1.807) is 14.1 Å². The van der Waals surface area contributed by atoms with Crippen LogP contribution in [0.5, 0.6) is 0 Å². The van der Waals surface area contributed by atoms with Crippen molar-refractivity contribution in [3.63, 3.8) is 0 Å². The van der Waals surface area contributed by atoms with Gasteiger partial charge in [-0.2, -0.15) is 0 Å². The minimum atomic E-state index is -0.522. The van der Waals surface area contributed by atoms with Crippen molar-refractivity contribution in [1.29, 1.82) is 0 Å². The summed E-state index contributed by atoms with van der Waals surface area (Å²) in [4.78, 5) is 34.5. The average Bonchev–Trinajstić information content (AvgIpc) is 2.59. The van der Waals surface area contributed by atoms with Crippen molar-refractivity contribution in [3.05, 3.63) is 59.7 Å². The van der Waals surface area contributed by atoms with Crippen LogP contribution in [0.1, 0.15) is 21.0 Å². The third-order valence-corrected chi connectivity index (χ3v) is 3.36. The van der Waals surface area contributed by atoms with Gasteiger partial charge in [0.25, 0.3) is 11.8 Å². The summed E-state index contributed by atoms with van der Waals surface area (Å²) in [5.41, 5.74) is 0.237. The summed E-state index contributed by atoms with van der Waals surface area (Å²) in [5, 5.41) is 0. The lowest BCUT2D eigenvalue weighted by atomic mass is 10.3. The van der Waals surface area contributed by atoms with Gasteiger partial charge < -0.3 is 9.80 Å². The van der Waals surface area contributed by atoms with Crippen molar-refractivity contribution in [1.82, 2.24) is 19.8 Å². The number of carbonyl (C=O) groups excluding carboxylic acids is 2. The van der Waals surface area contributed by atoms with E-state index in [1.807, 2.05) is 0 Å². The molecule has 24 heavy (non-hydrogen) atoms. The fraction of sp³-hybridized carbons (Fsp3) is 0.250. The van der Waals surface area contributed by atoms with E-state index in [4.69, 9.17) is 0 Å². The van der Waals surface area contributed by atoms with E-state index in [9.17, 15) is 18.4 Å². The van der Waals surface area contributed by atoms with Gasteiger partial charge in [0.1, 0.15) is 23.0 Å². The van der Waals surface area contributed by atoms with Gasteiger partial charge in [0.05, 0.1) is 12.4 Å². The molecule has 2 rings (SSSR count). The van der Waals surface area contributed by atoms with E-state index in [2.05, 4.69) is 9.97 Å². The number of carbonyl (C=O) groups is 2. The van der Waals surface area contributed by atoms with Gasteiger partial charge in [0.2, 0.25) is 0 Å². The second-order valence-corrected chi connectivity index (χ2v) is 5.18. The normalized spacial score (nSPS) is 10.3. The number of pyridine rings is 2. The first-order valence-corrected chi connectivity index (χ1v) is 7.12. The van der Waals surface area contributed by atoms with Gasteiger partial charge in [-0.3, -0.25) is 9.59 Å². The van der Waals surface area contributed by atoms with Gasteiger partial charge in [-0.15, -0.1) is 0 Å². The highest BCUT2D eigenvalue weighted by Crippen LogP contribution is 2.04. The second-order valence-electron chi connectivity index (χ2n) is 5.18. The Balaban J connectivity index is 1.91. The molecule has 2 amide bonds. The number of nitrogens with zero attached hydrogens (tertiary/aromatic N) is 4. The molecule has 126 valence electrons. The molecular weight excluding hydrogens is 318 g/mol. The van der Waals surface area contributed by atoms with Crippen LogP contribution in [0.2, 0.25) is 0 Å². The van der Waals surface area contributed by atoms with E-state index in [0.717, 1.165) is 24.5 Å². The van der Waals surface area contributed by atoms with E-state index < -0.39 is 11.6 Å². The van der Waals surface area contributed by atoms with Crippen molar-refractivity contribution in [2.45, 2.75) is 0 Å². The molecule has 2 heterocycles. The molecule has 0 spiro atoms. The quantitative estimate of drug-likeness (QED) is 0.833. The number of amides is 2. The van der Waals surface area contributed by atoms with Crippen molar-refractivity contribution >= 4 is 11.8 Å². The van der Waals surface area contributed by atoms with Gasteiger partial charge in [0, 0.05) is 27.2 Å². The maximum atomic E-state index is 12.8. The molecule has 0 aromatic carbocycles. The largest absolute Gasteiger partial charge is 0.339 e. The molecule has 0 atom stereocenters. The fourth-order valence-corrected chi connectivity index (χ4v) is 1.90. The van der Waals surface area contributed by atoms with E-state index in [0.29, 0.717) is 0 Å². The van der Waals surface area contributed by atoms with E-state index >= 15 is 0 Å². The Morgan fingerprint density at radius 2 is 1.21 bits per heavy atom. The molecule has 0 N–H and O–H groups in total. The molecule has 8 heteroatoms. The van der Waals surface area contributed by atoms with Crippen LogP contribution in [0.3, 0.4) is 0 Å². The molecular formula is C16H16F2N4O2. The summed E-state index contributed by atoms with van der Waals surface area (Å²) in [6, 6.07) is 4.91. The molecule has 0 aliphatic rings. The Morgan fingerprint density at radius 1 is 0.833 bits per heavy atom. The van der Waals surface area contributed by atoms with Gasteiger partial charge in [0.15, 0.2) is 0 Å². The van der Waals surface area contributed by atoms with Crippen molar-refractivity contribution < 1.29 is 18.4 Å². The smallest absolute Gasteiger partial charge is 0.272 e. The number of hydrogen-bond donors (Lipinski definition) is 0. The van der Waals surface area contributed by atoms with Crippen LogP contribution in [0.25, 0.3) is 0 Å². The van der Waals surface area contributed by atoms with Crippen LogP contribution in [-0.4, -0.2) is 58.8 Å². The molecule has 0 saturated heterocycles. The molecule has 6 nitrogen and oxygen atoms in total. The predicted octanol–water partition coefficient (Wildman–Crippen LogP) is 1.60. The fourth-order valence-electron chi connectivity index (χ4n) is 1.90. The molecule has 0 aliphatic carbocycles. The van der Waals surface area contributed by atoms with Crippen molar-refractivity contribution in [3.8, 4) is 0 Å². The summed E-state index contributed by atoms with van der Waals surface area (Å²) in [5.74, 6) is -1.80. The Labute approximate surface area is 137 Å². The van der Waals surface area contributed by atoms with Crippen LogP contribution < -0.4 is 0 Å². The predicted molar refractivity (Wildman–Crippen MR) is 82.3 cm³/mol. The van der Waals surface area contributed by atoms with Crippen LogP contribution in [0.4, 0.5) is 8.78 Å². The van der Waals surface area contributed by atoms with E-state index in [-0.39, 0.29) is 36.3 Å². The highest BCUT2D eigenvalue weighted by Gasteiger charge is 2.17. The SMILES string of the molecule is CN(CCN(C)C(=O)c1ccc(F)cn1)C(=O)c1ccc(F)cn1. The summed E-state index contributed by atoms with van der Waals surface area (Å²) in [6.07, 6.45) is 1.94. The van der Waals surface area contributed by atoms with Crippen LogP contribution in [-0.2, 0) is 0 Å². The maximum Gasteiger partial charge on any atom is 0.272 e. The standard InChI is InChI=1S/C16H16F2N4O2/c1-21(15(23)13-5-3-11(17)9-19-13)7-8-22(2)16(24)14-6-4-12(18)10-20-14/h3-6,9-10H,7-8H2,1-2H3. The molecule has 2 aromatic rings. The lowest BCUT2D eigenvalue weighted by molar-refractivity contribution is 0.0712. The first-order valence-electron chi connectivity index (χ1n) is 7.12. The third-order valence-electron chi connectivity index (χ3n) is 3.36. The Bertz CT molecular complexity index is 656. The van der Waals surface area contributed by atoms with Gasteiger partial charge in [-0.05, 0) is 24.3 Å². The van der Waals surface area contributed by atoms with Crippen LogP contribution >= 0.6 is 0 Å². The van der Waals surface area contributed by atoms with E-state index in [1.165, 1.54) is 21.9 Å². The highest BCUT2D eigenvalue weighted by atomic mass is 19.1. The lowest BCUT2D eigenvalue weighted by Crippen LogP contribution is -2.37. The summed E-state index contributed by atoms with van der Waals surface area (Å²) < 4.78 is 25.6. The molecule has 0 unspecified atom stereocenters. The lowest BCUT2D eigenvalue weighted by Gasteiger charge is -2.22. The first kappa shape index (κ1) is 17.5. The minimum Gasteiger partial charge on any atom is -0.339 e. The molecule has 0 saturated carbocycles. The Morgan fingerprint density at radius 3 is 1.50 bits per heavy atom. The van der Waals surface area contributed by atoms with Crippen molar-refractivity contribution in [2.24, 2.45) is 0 Å². The number of halogens is 2. The van der Waals surface area contributed by atoms with Crippen LogP contribution in [0.15, 0.2) is 36.7 Å². The number of rotatable bonds is 5. The van der Waals surface area contributed by atoms with Crippen molar-refractivity contribution in [2.75, 3.05) is 27.2 Å². The molecule has 0 fully saturated rings. The summed E-state index contributed by atoms with van der Waals surface area (Å²) >= 11 is 0. The summed E-state index contributed by atoms with van der Waals surface area (Å²) in [7, 11) is 3.11.